The van der Waals surface area contributed by atoms with E-state index in [1.807, 2.05) is 37.8 Å². The number of amides is 1. The smallest absolute Gasteiger partial charge is 0.410 e. The fourth-order valence-electron chi connectivity index (χ4n) is 2.78. The molecule has 0 radical (unpaired) electrons. The third-order valence-electron chi connectivity index (χ3n) is 4.01. The van der Waals surface area contributed by atoms with E-state index in [2.05, 4.69) is 24.0 Å². The van der Waals surface area contributed by atoms with Gasteiger partial charge in [-0.25, -0.2) is 4.79 Å². The number of hydrogen-bond acceptors (Lipinski definition) is 5. The van der Waals surface area contributed by atoms with E-state index in [9.17, 15) is 4.79 Å². The summed E-state index contributed by atoms with van der Waals surface area (Å²) in [5.41, 5.74) is 0.668. The van der Waals surface area contributed by atoms with E-state index >= 15 is 0 Å². The highest BCUT2D eigenvalue weighted by molar-refractivity contribution is 5.69. The molecule has 1 amide bonds. The molecule has 1 aliphatic heterocycles. The lowest BCUT2D eigenvalue weighted by Gasteiger charge is -2.41. The van der Waals surface area contributed by atoms with Crippen LogP contribution in [0.5, 0.6) is 5.75 Å². The summed E-state index contributed by atoms with van der Waals surface area (Å²) >= 11 is 0. The van der Waals surface area contributed by atoms with E-state index in [1.54, 1.807) is 7.11 Å². The van der Waals surface area contributed by atoms with Crippen molar-refractivity contribution in [2.45, 2.75) is 39.3 Å². The lowest BCUT2D eigenvalue weighted by atomic mass is 10.1. The van der Waals surface area contributed by atoms with Crippen LogP contribution in [0.1, 0.15) is 27.7 Å². The Kier molecular flexibility index (Phi) is 6.53. The molecule has 0 aliphatic carbocycles. The van der Waals surface area contributed by atoms with Crippen molar-refractivity contribution in [2.75, 3.05) is 44.9 Å². The van der Waals surface area contributed by atoms with Crippen LogP contribution >= 0.6 is 0 Å². The lowest BCUT2D eigenvalue weighted by molar-refractivity contribution is 0.0159. The van der Waals surface area contributed by atoms with Crippen molar-refractivity contribution in [3.8, 4) is 5.75 Å². The van der Waals surface area contributed by atoms with Gasteiger partial charge in [-0.2, -0.15) is 0 Å². The fraction of sp³-hybridized carbons (Fsp3) is 0.632. The summed E-state index contributed by atoms with van der Waals surface area (Å²) in [7, 11) is 1.66. The zero-order valence-corrected chi connectivity index (χ0v) is 15.9. The quantitative estimate of drug-likeness (QED) is 0.764. The number of benzene rings is 1. The first-order valence-corrected chi connectivity index (χ1v) is 8.76. The predicted octanol–water partition coefficient (Wildman–Crippen LogP) is 3.16. The van der Waals surface area contributed by atoms with Gasteiger partial charge in [-0.1, -0.05) is 0 Å². The van der Waals surface area contributed by atoms with Crippen molar-refractivity contribution >= 4 is 11.8 Å². The van der Waals surface area contributed by atoms with E-state index in [1.165, 1.54) is 0 Å². The van der Waals surface area contributed by atoms with Crippen LogP contribution in [-0.2, 0) is 9.47 Å². The van der Waals surface area contributed by atoms with Crippen molar-refractivity contribution in [1.82, 2.24) is 4.90 Å². The summed E-state index contributed by atoms with van der Waals surface area (Å²) < 4.78 is 16.1. The highest BCUT2D eigenvalue weighted by Crippen LogP contribution is 2.23. The van der Waals surface area contributed by atoms with Gasteiger partial charge in [-0.3, -0.25) is 0 Å². The van der Waals surface area contributed by atoms with Gasteiger partial charge in [0.25, 0.3) is 0 Å². The second-order valence-electron chi connectivity index (χ2n) is 7.30. The van der Waals surface area contributed by atoms with Crippen molar-refractivity contribution < 1.29 is 19.0 Å². The van der Waals surface area contributed by atoms with Gasteiger partial charge in [0.2, 0.25) is 0 Å². The largest absolute Gasteiger partial charge is 0.491 e. The normalized spacial score (nSPS) is 18.2. The Hall–Kier alpha value is -1.95. The number of anilines is 1. The number of ether oxygens (including phenoxy) is 3. The van der Waals surface area contributed by atoms with Gasteiger partial charge in [0, 0.05) is 38.5 Å². The Balaban J connectivity index is 1.90. The number of piperazine rings is 1. The molecule has 1 aromatic rings. The molecule has 1 saturated heterocycles. The molecule has 6 nitrogen and oxygen atoms in total. The fourth-order valence-corrected chi connectivity index (χ4v) is 2.78. The van der Waals surface area contributed by atoms with Crippen LogP contribution in [0.15, 0.2) is 24.3 Å². The topological polar surface area (TPSA) is 51.2 Å². The minimum absolute atomic E-state index is 0.0984. The highest BCUT2D eigenvalue weighted by Gasteiger charge is 2.30. The Morgan fingerprint density at radius 1 is 1.16 bits per heavy atom. The molecule has 1 aliphatic rings. The molecule has 1 fully saturated rings. The highest BCUT2D eigenvalue weighted by atomic mass is 16.6. The molecule has 0 saturated carbocycles. The molecule has 140 valence electrons. The third kappa shape index (κ3) is 5.81. The van der Waals surface area contributed by atoms with Crippen LogP contribution in [-0.4, -0.2) is 62.6 Å². The Morgan fingerprint density at radius 2 is 1.84 bits per heavy atom. The first kappa shape index (κ1) is 19.4. The molecule has 1 aromatic carbocycles. The van der Waals surface area contributed by atoms with E-state index in [4.69, 9.17) is 14.2 Å². The van der Waals surface area contributed by atoms with Crippen LogP contribution in [0.25, 0.3) is 0 Å². The first-order chi connectivity index (χ1) is 11.8. The molecular formula is C19H30N2O4. The second kappa shape index (κ2) is 8.43. The van der Waals surface area contributed by atoms with E-state index in [0.29, 0.717) is 19.8 Å². The van der Waals surface area contributed by atoms with Crippen LogP contribution < -0.4 is 9.64 Å². The molecule has 6 heteroatoms. The maximum Gasteiger partial charge on any atom is 0.410 e. The summed E-state index contributed by atoms with van der Waals surface area (Å²) in [6, 6.07) is 8.14. The Bertz CT molecular complexity index is 554. The number of carbonyl (C=O) groups is 1. The average Bonchev–Trinajstić information content (AvgIpc) is 2.54. The third-order valence-corrected chi connectivity index (χ3v) is 4.01. The molecule has 0 spiro atoms. The number of rotatable bonds is 5. The Labute approximate surface area is 150 Å². The second-order valence-corrected chi connectivity index (χ2v) is 7.30. The zero-order chi connectivity index (χ0) is 18.4. The van der Waals surface area contributed by atoms with Crippen LogP contribution in [0.3, 0.4) is 0 Å². The summed E-state index contributed by atoms with van der Waals surface area (Å²) in [4.78, 5) is 16.4. The number of hydrogen-bond donors (Lipinski definition) is 0. The van der Waals surface area contributed by atoms with Crippen LogP contribution in [0, 0.1) is 0 Å². The minimum atomic E-state index is -0.466. The van der Waals surface area contributed by atoms with Crippen LogP contribution in [0.4, 0.5) is 10.5 Å². The minimum Gasteiger partial charge on any atom is -0.491 e. The standard InChI is InChI=1S/C19H30N2O4/c1-15-14-20(10-11-21(15)18(22)25-19(2,3)4)16-6-8-17(9-7-16)24-13-12-23-5/h6-9,15H,10-14H2,1-5H3/t15-/m1/s1. The maximum absolute atomic E-state index is 12.3. The molecule has 0 aromatic heterocycles. The van der Waals surface area contributed by atoms with Gasteiger partial charge < -0.3 is 24.0 Å². The monoisotopic (exact) mass is 350 g/mol. The van der Waals surface area contributed by atoms with Gasteiger partial charge in [-0.05, 0) is 52.0 Å². The van der Waals surface area contributed by atoms with E-state index in [0.717, 1.165) is 24.5 Å². The molecule has 0 unspecified atom stereocenters. The van der Waals surface area contributed by atoms with Gasteiger partial charge in [0.15, 0.2) is 0 Å². The van der Waals surface area contributed by atoms with Crippen LogP contribution in [0.2, 0.25) is 0 Å². The van der Waals surface area contributed by atoms with E-state index < -0.39 is 5.60 Å². The summed E-state index contributed by atoms with van der Waals surface area (Å²) in [5.74, 6) is 0.834. The van der Waals surface area contributed by atoms with E-state index in [-0.39, 0.29) is 12.1 Å². The molecule has 0 bridgehead atoms. The van der Waals surface area contributed by atoms with Gasteiger partial charge in [0.1, 0.15) is 18.0 Å². The first-order valence-electron chi connectivity index (χ1n) is 8.76. The van der Waals surface area contributed by atoms with Gasteiger partial charge in [0.05, 0.1) is 6.61 Å². The Morgan fingerprint density at radius 3 is 2.40 bits per heavy atom. The lowest BCUT2D eigenvalue weighted by Crippen LogP contribution is -2.55. The average molecular weight is 350 g/mol. The summed E-state index contributed by atoms with van der Waals surface area (Å²) in [6.45, 7) is 11.1. The SMILES string of the molecule is COCCOc1ccc(N2CCN(C(=O)OC(C)(C)C)[C@H](C)C2)cc1. The maximum atomic E-state index is 12.3. The van der Waals surface area contributed by atoms with Gasteiger partial charge in [-0.15, -0.1) is 0 Å². The molecule has 1 heterocycles. The number of methoxy groups -OCH3 is 1. The number of carbonyl (C=O) groups excluding carboxylic acids is 1. The molecule has 25 heavy (non-hydrogen) atoms. The predicted molar refractivity (Wildman–Crippen MR) is 98.4 cm³/mol. The van der Waals surface area contributed by atoms with Crippen molar-refractivity contribution in [3.63, 3.8) is 0 Å². The zero-order valence-electron chi connectivity index (χ0n) is 15.9. The van der Waals surface area contributed by atoms with Crippen molar-refractivity contribution in [1.29, 1.82) is 0 Å². The summed E-state index contributed by atoms with van der Waals surface area (Å²) in [6.07, 6.45) is -0.235. The molecule has 2 rings (SSSR count). The molecule has 0 N–H and O–H groups in total. The van der Waals surface area contributed by atoms with Gasteiger partial charge >= 0.3 is 6.09 Å². The number of nitrogens with zero attached hydrogens (tertiary/aromatic N) is 2. The summed E-state index contributed by atoms with van der Waals surface area (Å²) in [5, 5.41) is 0. The van der Waals surface area contributed by atoms with Crippen molar-refractivity contribution in [2.24, 2.45) is 0 Å². The molecule has 1 atom stereocenters. The molecular weight excluding hydrogens is 320 g/mol. The van der Waals surface area contributed by atoms with Crippen molar-refractivity contribution in [3.05, 3.63) is 24.3 Å².